The van der Waals surface area contributed by atoms with Gasteiger partial charge in [0.15, 0.2) is 6.04 Å². The van der Waals surface area contributed by atoms with Gasteiger partial charge in [-0.3, -0.25) is 4.79 Å². The molecule has 0 bridgehead atoms. The molecule has 1 amide bonds. The van der Waals surface area contributed by atoms with Crippen LogP contribution >= 0.6 is 11.3 Å². The van der Waals surface area contributed by atoms with E-state index >= 15 is 0 Å². The first-order chi connectivity index (χ1) is 5.38. The Bertz CT molecular complexity index is 262. The van der Waals surface area contributed by atoms with Gasteiger partial charge < -0.3 is 5.32 Å². The van der Waals surface area contributed by atoms with E-state index in [-0.39, 0.29) is 0 Å². The van der Waals surface area contributed by atoms with Gasteiger partial charge in [0.2, 0.25) is 6.41 Å². The summed E-state index contributed by atoms with van der Waals surface area (Å²) in [5, 5.41) is 12.8. The summed E-state index contributed by atoms with van der Waals surface area (Å²) in [4.78, 5) is 10.9. The zero-order valence-corrected chi connectivity index (χ0v) is 6.47. The number of hydrogen-bond acceptors (Lipinski definition) is 3. The fourth-order valence-electron chi connectivity index (χ4n) is 0.707. The fourth-order valence-corrected chi connectivity index (χ4v) is 1.43. The standard InChI is InChI=1S/C7H6N2OS/c8-4-6(9-5-10)7-2-1-3-11-7/h1-3,5-6H,(H,9,10). The summed E-state index contributed by atoms with van der Waals surface area (Å²) >= 11 is 1.45. The van der Waals surface area contributed by atoms with E-state index in [2.05, 4.69) is 5.32 Å². The number of thiophene rings is 1. The van der Waals surface area contributed by atoms with Crippen LogP contribution in [0.15, 0.2) is 17.5 Å². The van der Waals surface area contributed by atoms with Crippen LogP contribution in [0.25, 0.3) is 0 Å². The minimum atomic E-state index is -0.493. The average Bonchev–Trinajstić information content (AvgIpc) is 2.52. The first-order valence-corrected chi connectivity index (χ1v) is 3.89. The Kier molecular flexibility index (Phi) is 2.64. The van der Waals surface area contributed by atoms with Gasteiger partial charge in [-0.25, -0.2) is 0 Å². The number of carbonyl (C=O) groups excluding carboxylic acids is 1. The van der Waals surface area contributed by atoms with Crippen molar-refractivity contribution in [3.63, 3.8) is 0 Å². The Hall–Kier alpha value is -1.34. The Labute approximate surface area is 68.3 Å². The van der Waals surface area contributed by atoms with E-state index in [1.54, 1.807) is 0 Å². The van der Waals surface area contributed by atoms with Gasteiger partial charge >= 0.3 is 0 Å². The van der Waals surface area contributed by atoms with Gasteiger partial charge in [-0.15, -0.1) is 11.3 Å². The van der Waals surface area contributed by atoms with E-state index in [1.807, 2.05) is 23.6 Å². The summed E-state index contributed by atoms with van der Waals surface area (Å²) in [7, 11) is 0. The van der Waals surface area contributed by atoms with Crippen LogP contribution in [0.3, 0.4) is 0 Å². The predicted octanol–water partition coefficient (Wildman–Crippen LogP) is 1.06. The molecule has 0 aliphatic carbocycles. The fraction of sp³-hybridized carbons (Fsp3) is 0.143. The molecule has 0 aliphatic rings. The number of amides is 1. The highest BCUT2D eigenvalue weighted by Crippen LogP contribution is 2.17. The molecular weight excluding hydrogens is 160 g/mol. The van der Waals surface area contributed by atoms with E-state index in [0.29, 0.717) is 6.41 Å². The lowest BCUT2D eigenvalue weighted by Gasteiger charge is -2.02. The predicted molar refractivity (Wildman–Crippen MR) is 41.9 cm³/mol. The van der Waals surface area contributed by atoms with Gasteiger partial charge in [0, 0.05) is 4.88 Å². The van der Waals surface area contributed by atoms with Crippen LogP contribution < -0.4 is 5.32 Å². The van der Waals surface area contributed by atoms with Gasteiger partial charge in [0.05, 0.1) is 6.07 Å². The topological polar surface area (TPSA) is 52.9 Å². The Morgan fingerprint density at radius 1 is 1.82 bits per heavy atom. The number of nitrogens with zero attached hydrogens (tertiary/aromatic N) is 1. The molecule has 3 nitrogen and oxygen atoms in total. The third-order valence-electron chi connectivity index (χ3n) is 1.19. The number of nitriles is 1. The SMILES string of the molecule is N#CC(NC=O)c1cccs1. The van der Waals surface area contributed by atoms with Crippen LogP contribution in [0.5, 0.6) is 0 Å². The highest BCUT2D eigenvalue weighted by Gasteiger charge is 2.08. The second kappa shape index (κ2) is 3.74. The van der Waals surface area contributed by atoms with E-state index in [0.717, 1.165) is 4.88 Å². The van der Waals surface area contributed by atoms with Crippen molar-refractivity contribution in [3.8, 4) is 6.07 Å². The molecule has 1 heterocycles. The van der Waals surface area contributed by atoms with Crippen molar-refractivity contribution in [3.05, 3.63) is 22.4 Å². The number of hydrogen-bond donors (Lipinski definition) is 1. The lowest BCUT2D eigenvalue weighted by Crippen LogP contribution is -2.16. The lowest BCUT2D eigenvalue weighted by atomic mass is 10.3. The molecule has 1 N–H and O–H groups in total. The van der Waals surface area contributed by atoms with Crippen molar-refractivity contribution in [2.45, 2.75) is 6.04 Å². The number of nitrogens with one attached hydrogen (secondary N) is 1. The summed E-state index contributed by atoms with van der Waals surface area (Å²) in [5.74, 6) is 0. The quantitative estimate of drug-likeness (QED) is 0.682. The lowest BCUT2D eigenvalue weighted by molar-refractivity contribution is -0.109. The molecular formula is C7H6N2OS. The smallest absolute Gasteiger partial charge is 0.208 e. The molecule has 1 aromatic rings. The van der Waals surface area contributed by atoms with Gasteiger partial charge in [-0.05, 0) is 11.4 Å². The van der Waals surface area contributed by atoms with Crippen LogP contribution in [0.1, 0.15) is 10.9 Å². The third-order valence-corrected chi connectivity index (χ3v) is 2.13. The second-order valence-electron chi connectivity index (χ2n) is 1.86. The van der Waals surface area contributed by atoms with Crippen LogP contribution in [-0.4, -0.2) is 6.41 Å². The highest BCUT2D eigenvalue weighted by molar-refractivity contribution is 7.10. The van der Waals surface area contributed by atoms with E-state index < -0.39 is 6.04 Å². The van der Waals surface area contributed by atoms with Crippen molar-refractivity contribution in [1.82, 2.24) is 5.32 Å². The molecule has 0 saturated carbocycles. The molecule has 0 fully saturated rings. The molecule has 1 unspecified atom stereocenters. The molecule has 1 atom stereocenters. The summed E-state index contributed by atoms with van der Waals surface area (Å²) < 4.78 is 0. The zero-order valence-electron chi connectivity index (χ0n) is 5.65. The Morgan fingerprint density at radius 2 is 2.64 bits per heavy atom. The van der Waals surface area contributed by atoms with Gasteiger partial charge in [0.25, 0.3) is 0 Å². The van der Waals surface area contributed by atoms with Crippen molar-refractivity contribution < 1.29 is 4.79 Å². The minimum absolute atomic E-state index is 0.493. The maximum absolute atomic E-state index is 10.0. The van der Waals surface area contributed by atoms with Crippen LogP contribution in [0.2, 0.25) is 0 Å². The molecule has 1 aromatic heterocycles. The van der Waals surface area contributed by atoms with E-state index in [9.17, 15) is 4.79 Å². The maximum Gasteiger partial charge on any atom is 0.208 e. The first kappa shape index (κ1) is 7.76. The number of rotatable bonds is 3. The third kappa shape index (κ3) is 1.79. The second-order valence-corrected chi connectivity index (χ2v) is 2.84. The monoisotopic (exact) mass is 166 g/mol. The van der Waals surface area contributed by atoms with E-state index in [4.69, 9.17) is 5.26 Å². The molecule has 4 heteroatoms. The molecule has 0 spiro atoms. The summed E-state index contributed by atoms with van der Waals surface area (Å²) in [6, 6.07) is 5.14. The molecule has 0 saturated heterocycles. The molecule has 1 rings (SSSR count). The van der Waals surface area contributed by atoms with Crippen LogP contribution in [0.4, 0.5) is 0 Å². The molecule has 0 aromatic carbocycles. The zero-order chi connectivity index (χ0) is 8.10. The Morgan fingerprint density at radius 3 is 3.09 bits per heavy atom. The largest absolute Gasteiger partial charge is 0.339 e. The molecule has 0 aliphatic heterocycles. The molecule has 11 heavy (non-hydrogen) atoms. The van der Waals surface area contributed by atoms with Crippen molar-refractivity contribution in [1.29, 1.82) is 5.26 Å². The van der Waals surface area contributed by atoms with Crippen LogP contribution in [0, 0.1) is 11.3 Å². The van der Waals surface area contributed by atoms with Crippen molar-refractivity contribution in [2.24, 2.45) is 0 Å². The van der Waals surface area contributed by atoms with Gasteiger partial charge in [-0.1, -0.05) is 6.07 Å². The van der Waals surface area contributed by atoms with E-state index in [1.165, 1.54) is 11.3 Å². The minimum Gasteiger partial charge on any atom is -0.339 e. The average molecular weight is 166 g/mol. The van der Waals surface area contributed by atoms with Gasteiger partial charge in [0.1, 0.15) is 0 Å². The summed E-state index contributed by atoms with van der Waals surface area (Å²) in [5.41, 5.74) is 0. The maximum atomic E-state index is 10.0. The number of carbonyl (C=O) groups is 1. The molecule has 0 radical (unpaired) electrons. The summed E-state index contributed by atoms with van der Waals surface area (Å²) in [6.07, 6.45) is 0.535. The summed E-state index contributed by atoms with van der Waals surface area (Å²) in [6.45, 7) is 0. The van der Waals surface area contributed by atoms with Gasteiger partial charge in [-0.2, -0.15) is 5.26 Å². The highest BCUT2D eigenvalue weighted by atomic mass is 32.1. The first-order valence-electron chi connectivity index (χ1n) is 3.01. The normalized spacial score (nSPS) is 11.5. The van der Waals surface area contributed by atoms with Crippen molar-refractivity contribution >= 4 is 17.7 Å². The Balaban J connectivity index is 2.73. The molecule has 56 valence electrons. The van der Waals surface area contributed by atoms with Crippen LogP contribution in [-0.2, 0) is 4.79 Å². The van der Waals surface area contributed by atoms with Crippen molar-refractivity contribution in [2.75, 3.05) is 0 Å².